The molecular weight excluding hydrogens is 349 g/mol. The van der Waals surface area contributed by atoms with Crippen LogP contribution in [0.4, 0.5) is 9.18 Å². The van der Waals surface area contributed by atoms with Crippen molar-refractivity contribution in [1.82, 2.24) is 14.5 Å². The second-order valence-corrected chi connectivity index (χ2v) is 7.99. The fourth-order valence-electron chi connectivity index (χ4n) is 3.28. The number of amides is 1. The molecule has 27 heavy (non-hydrogen) atoms. The molecule has 1 saturated heterocycles. The Morgan fingerprint density at radius 2 is 1.96 bits per heavy atom. The van der Waals surface area contributed by atoms with Crippen molar-refractivity contribution in [1.29, 1.82) is 0 Å². The maximum Gasteiger partial charge on any atom is 0.410 e. The van der Waals surface area contributed by atoms with Gasteiger partial charge in [0.15, 0.2) is 0 Å². The molecule has 2 atom stereocenters. The van der Waals surface area contributed by atoms with E-state index in [4.69, 9.17) is 4.74 Å². The van der Waals surface area contributed by atoms with Gasteiger partial charge in [-0.25, -0.2) is 9.78 Å². The van der Waals surface area contributed by atoms with Crippen molar-refractivity contribution < 1.29 is 19.0 Å². The van der Waals surface area contributed by atoms with E-state index < -0.39 is 29.8 Å². The fourth-order valence-corrected chi connectivity index (χ4v) is 3.28. The first kappa shape index (κ1) is 19.4. The van der Waals surface area contributed by atoms with E-state index in [0.29, 0.717) is 18.8 Å². The molecule has 2 heterocycles. The second kappa shape index (κ2) is 7.31. The van der Waals surface area contributed by atoms with Crippen molar-refractivity contribution in [2.45, 2.75) is 51.9 Å². The number of aliphatic hydroxyl groups is 1. The van der Waals surface area contributed by atoms with E-state index >= 15 is 0 Å². The topological polar surface area (TPSA) is 67.6 Å². The van der Waals surface area contributed by atoms with Crippen molar-refractivity contribution in [3.8, 4) is 11.4 Å². The number of halogens is 1. The Morgan fingerprint density at radius 3 is 2.56 bits per heavy atom. The number of hydrogen-bond donors (Lipinski definition) is 1. The summed E-state index contributed by atoms with van der Waals surface area (Å²) in [7, 11) is 0. The van der Waals surface area contributed by atoms with E-state index in [1.54, 1.807) is 20.8 Å². The number of aromatic nitrogens is 2. The number of nitrogens with zero attached hydrogens (tertiary/aromatic N) is 3. The first-order valence-corrected chi connectivity index (χ1v) is 9.11. The molecule has 146 valence electrons. The molecule has 1 aliphatic rings. The highest BCUT2D eigenvalue weighted by Gasteiger charge is 2.35. The zero-order valence-corrected chi connectivity index (χ0v) is 16.1. The van der Waals surface area contributed by atoms with E-state index in [0.717, 1.165) is 11.1 Å². The minimum atomic E-state index is -0.917. The van der Waals surface area contributed by atoms with Crippen LogP contribution in [-0.4, -0.2) is 50.4 Å². The Bertz CT molecular complexity index is 811. The third-order valence-electron chi connectivity index (χ3n) is 4.59. The first-order chi connectivity index (χ1) is 12.7. The van der Waals surface area contributed by atoms with Gasteiger partial charge < -0.3 is 14.7 Å². The highest BCUT2D eigenvalue weighted by Crippen LogP contribution is 2.31. The molecule has 0 spiro atoms. The summed E-state index contributed by atoms with van der Waals surface area (Å²) in [4.78, 5) is 17.9. The maximum atomic E-state index is 14.5. The van der Waals surface area contributed by atoms with Crippen LogP contribution in [0.15, 0.2) is 30.5 Å². The summed E-state index contributed by atoms with van der Waals surface area (Å²) in [6.45, 7) is 7.83. The predicted molar refractivity (Wildman–Crippen MR) is 99.8 cm³/mol. The number of carbonyl (C=O) groups excluding carboxylic acids is 1. The lowest BCUT2D eigenvalue weighted by Crippen LogP contribution is -2.49. The normalized spacial score (nSPS) is 20.6. The van der Waals surface area contributed by atoms with E-state index in [1.807, 2.05) is 31.2 Å². The number of β-amino-alcohol motifs (C(OH)–C–C–N with tert-alkyl or cyclic N) is 1. The molecule has 2 unspecified atom stereocenters. The number of rotatable bonds is 2. The number of aryl methyl sites for hydroxylation is 1. The summed E-state index contributed by atoms with van der Waals surface area (Å²) < 4.78 is 21.3. The lowest BCUT2D eigenvalue weighted by Gasteiger charge is -2.37. The van der Waals surface area contributed by atoms with Gasteiger partial charge in [-0.2, -0.15) is 4.39 Å². The standard InChI is InChI=1S/C20H26FN3O3/c1-13-5-7-14(8-6-13)18-22-11-17(21)24(18)15-9-10-23(12-16(15)25)19(26)27-20(2,3)4/h5-8,11,15-16,25H,9-10,12H2,1-4H3. The van der Waals surface area contributed by atoms with Gasteiger partial charge in [0.25, 0.3) is 0 Å². The number of hydrogen-bond acceptors (Lipinski definition) is 4. The molecule has 0 aliphatic carbocycles. The fraction of sp³-hybridized carbons (Fsp3) is 0.500. The Kier molecular flexibility index (Phi) is 5.24. The molecule has 1 N–H and O–H groups in total. The molecule has 1 aliphatic heterocycles. The molecule has 1 aromatic carbocycles. The summed E-state index contributed by atoms with van der Waals surface area (Å²) in [5, 5.41) is 10.6. The van der Waals surface area contributed by atoms with Gasteiger partial charge in [-0.15, -0.1) is 0 Å². The number of likely N-dealkylation sites (tertiary alicyclic amines) is 1. The Labute approximate surface area is 158 Å². The summed E-state index contributed by atoms with van der Waals surface area (Å²) in [5.74, 6) is -0.0254. The van der Waals surface area contributed by atoms with Crippen LogP contribution in [0.3, 0.4) is 0 Å². The lowest BCUT2D eigenvalue weighted by molar-refractivity contribution is -0.0111. The van der Waals surface area contributed by atoms with E-state index in [1.165, 1.54) is 15.7 Å². The maximum absolute atomic E-state index is 14.5. The van der Waals surface area contributed by atoms with Crippen LogP contribution < -0.4 is 0 Å². The number of carbonyl (C=O) groups is 1. The summed E-state index contributed by atoms with van der Waals surface area (Å²) >= 11 is 0. The smallest absolute Gasteiger partial charge is 0.410 e. The van der Waals surface area contributed by atoms with Gasteiger partial charge in [0.1, 0.15) is 11.4 Å². The van der Waals surface area contributed by atoms with Gasteiger partial charge in [-0.3, -0.25) is 4.57 Å². The van der Waals surface area contributed by atoms with Crippen molar-refractivity contribution in [2.24, 2.45) is 0 Å². The van der Waals surface area contributed by atoms with Gasteiger partial charge in [0, 0.05) is 12.1 Å². The summed E-state index contributed by atoms with van der Waals surface area (Å²) in [6.07, 6.45) is 0.193. The summed E-state index contributed by atoms with van der Waals surface area (Å²) in [5.41, 5.74) is 1.28. The number of benzene rings is 1. The first-order valence-electron chi connectivity index (χ1n) is 9.11. The number of ether oxygens (including phenoxy) is 1. The van der Waals surface area contributed by atoms with Gasteiger partial charge >= 0.3 is 6.09 Å². The zero-order chi connectivity index (χ0) is 19.8. The Hall–Kier alpha value is -2.41. The van der Waals surface area contributed by atoms with E-state index in [9.17, 15) is 14.3 Å². The molecular formula is C20H26FN3O3. The largest absolute Gasteiger partial charge is 0.444 e. The van der Waals surface area contributed by atoms with Gasteiger partial charge in [0.05, 0.1) is 24.9 Å². The average molecular weight is 375 g/mol. The van der Waals surface area contributed by atoms with Crippen molar-refractivity contribution >= 4 is 6.09 Å². The average Bonchev–Trinajstić information content (AvgIpc) is 2.95. The molecule has 0 bridgehead atoms. The van der Waals surface area contributed by atoms with Gasteiger partial charge in [0.2, 0.25) is 5.95 Å². The highest BCUT2D eigenvalue weighted by atomic mass is 19.1. The van der Waals surface area contributed by atoms with Crippen LogP contribution in [0.2, 0.25) is 0 Å². The minimum absolute atomic E-state index is 0.0878. The molecule has 0 radical (unpaired) electrons. The van der Waals surface area contributed by atoms with Crippen LogP contribution in [0, 0.1) is 12.9 Å². The Balaban J connectivity index is 1.80. The van der Waals surface area contributed by atoms with E-state index in [-0.39, 0.29) is 6.54 Å². The zero-order valence-electron chi connectivity index (χ0n) is 16.1. The van der Waals surface area contributed by atoms with Crippen LogP contribution in [0.5, 0.6) is 0 Å². The molecule has 1 aromatic heterocycles. The SMILES string of the molecule is Cc1ccc(-c2ncc(F)n2C2CCN(C(=O)OC(C)(C)C)CC2O)cc1. The monoisotopic (exact) mass is 375 g/mol. The van der Waals surface area contributed by atoms with E-state index in [2.05, 4.69) is 4.98 Å². The molecule has 3 rings (SSSR count). The highest BCUT2D eigenvalue weighted by molar-refractivity contribution is 5.68. The predicted octanol–water partition coefficient (Wildman–Crippen LogP) is 3.54. The molecule has 7 heteroatoms. The van der Waals surface area contributed by atoms with Crippen molar-refractivity contribution in [3.05, 3.63) is 42.0 Å². The molecule has 2 aromatic rings. The minimum Gasteiger partial charge on any atom is -0.444 e. The Morgan fingerprint density at radius 1 is 1.30 bits per heavy atom. The van der Waals surface area contributed by atoms with Crippen LogP contribution in [0.25, 0.3) is 11.4 Å². The molecule has 6 nitrogen and oxygen atoms in total. The lowest BCUT2D eigenvalue weighted by atomic mass is 10.0. The second-order valence-electron chi connectivity index (χ2n) is 7.99. The van der Waals surface area contributed by atoms with Crippen molar-refractivity contribution in [2.75, 3.05) is 13.1 Å². The van der Waals surface area contributed by atoms with Gasteiger partial charge in [-0.05, 0) is 34.1 Å². The number of imidazole rings is 1. The number of piperidine rings is 1. The van der Waals surface area contributed by atoms with Crippen LogP contribution >= 0.6 is 0 Å². The van der Waals surface area contributed by atoms with Crippen LogP contribution in [-0.2, 0) is 4.74 Å². The molecule has 1 fully saturated rings. The summed E-state index contributed by atoms with van der Waals surface area (Å²) in [6, 6.07) is 7.15. The number of aliphatic hydroxyl groups excluding tert-OH is 1. The van der Waals surface area contributed by atoms with Crippen LogP contribution in [0.1, 0.15) is 38.8 Å². The molecule has 1 amide bonds. The molecule has 0 saturated carbocycles. The third-order valence-corrected chi connectivity index (χ3v) is 4.59. The third kappa shape index (κ3) is 4.30. The van der Waals surface area contributed by atoms with Crippen molar-refractivity contribution in [3.63, 3.8) is 0 Å². The van der Waals surface area contributed by atoms with Gasteiger partial charge in [-0.1, -0.05) is 29.8 Å². The quantitative estimate of drug-likeness (QED) is 0.872.